The Morgan fingerprint density at radius 3 is 2.38 bits per heavy atom. The summed E-state index contributed by atoms with van der Waals surface area (Å²) in [6.45, 7) is 14.8. The molecule has 2 unspecified atom stereocenters. The summed E-state index contributed by atoms with van der Waals surface area (Å²) >= 11 is 0. The van der Waals surface area contributed by atoms with E-state index >= 15 is 0 Å². The Balaban J connectivity index is 1.75. The van der Waals surface area contributed by atoms with E-state index in [1.165, 1.54) is 16.8 Å². The van der Waals surface area contributed by atoms with Gasteiger partial charge >= 0.3 is 0 Å². The van der Waals surface area contributed by atoms with Gasteiger partial charge in [-0.25, -0.2) is 8.42 Å². The number of amides is 1. The predicted molar refractivity (Wildman–Crippen MR) is 126 cm³/mol. The third-order valence-corrected chi connectivity index (χ3v) is 8.69. The van der Waals surface area contributed by atoms with Crippen LogP contribution in [0.3, 0.4) is 0 Å². The van der Waals surface area contributed by atoms with Gasteiger partial charge in [-0.05, 0) is 56.2 Å². The van der Waals surface area contributed by atoms with Gasteiger partial charge in [0.1, 0.15) is 0 Å². The molecule has 0 radical (unpaired) electrons. The van der Waals surface area contributed by atoms with Crippen molar-refractivity contribution in [2.45, 2.75) is 57.9 Å². The first-order valence-electron chi connectivity index (χ1n) is 11.8. The Morgan fingerprint density at radius 2 is 1.78 bits per heavy atom. The van der Waals surface area contributed by atoms with Crippen LogP contribution in [0.5, 0.6) is 0 Å². The van der Waals surface area contributed by atoms with Gasteiger partial charge in [0.15, 0.2) is 0 Å². The molecular weight excluding hydrogens is 426 g/mol. The maximum atomic E-state index is 13.3. The van der Waals surface area contributed by atoms with Gasteiger partial charge in [0, 0.05) is 43.8 Å². The number of nitrogens with one attached hydrogen (secondary N) is 1. The number of carbonyl (C=O) groups is 1. The van der Waals surface area contributed by atoms with Crippen molar-refractivity contribution in [3.63, 3.8) is 0 Å². The molecule has 0 bridgehead atoms. The fourth-order valence-electron chi connectivity index (χ4n) is 4.82. The second-order valence-corrected chi connectivity index (χ2v) is 11.9. The van der Waals surface area contributed by atoms with Crippen molar-refractivity contribution in [3.05, 3.63) is 29.3 Å². The number of hydrogen-bond acceptors (Lipinski definition) is 5. The van der Waals surface area contributed by atoms with Gasteiger partial charge in [-0.3, -0.25) is 9.69 Å². The topological polar surface area (TPSA) is 79.0 Å². The lowest BCUT2D eigenvalue weighted by atomic mass is 9.88. The molecule has 7 nitrogen and oxygen atoms in total. The van der Waals surface area contributed by atoms with Crippen LogP contribution in [0, 0.1) is 11.8 Å². The molecule has 1 amide bonds. The molecule has 0 aliphatic carbocycles. The van der Waals surface area contributed by atoms with Crippen LogP contribution >= 0.6 is 0 Å². The third kappa shape index (κ3) is 5.71. The van der Waals surface area contributed by atoms with Crippen molar-refractivity contribution in [1.29, 1.82) is 0 Å². The van der Waals surface area contributed by atoms with Gasteiger partial charge in [-0.2, -0.15) is 4.31 Å². The number of hydrogen-bond donors (Lipinski definition) is 1. The summed E-state index contributed by atoms with van der Waals surface area (Å²) in [7, 11) is -3.67. The Kier molecular flexibility index (Phi) is 8.02. The first-order valence-corrected chi connectivity index (χ1v) is 13.2. The summed E-state index contributed by atoms with van der Waals surface area (Å²) in [5, 5.41) is 3.05. The van der Waals surface area contributed by atoms with Crippen LogP contribution in [-0.4, -0.2) is 75.0 Å². The largest absolute Gasteiger partial charge is 0.379 e. The van der Waals surface area contributed by atoms with Gasteiger partial charge in [-0.15, -0.1) is 0 Å². The van der Waals surface area contributed by atoms with Crippen LogP contribution in [0.2, 0.25) is 0 Å². The number of piperidine rings is 1. The van der Waals surface area contributed by atoms with Gasteiger partial charge in [-0.1, -0.05) is 26.8 Å². The molecule has 32 heavy (non-hydrogen) atoms. The van der Waals surface area contributed by atoms with Crippen molar-refractivity contribution in [2.24, 2.45) is 11.8 Å². The Labute approximate surface area is 193 Å². The molecule has 0 spiro atoms. The minimum atomic E-state index is -3.67. The average molecular weight is 466 g/mol. The van der Waals surface area contributed by atoms with Crippen molar-refractivity contribution in [2.75, 3.05) is 45.9 Å². The van der Waals surface area contributed by atoms with E-state index in [-0.39, 0.29) is 16.3 Å². The Bertz CT molecular complexity index is 900. The highest BCUT2D eigenvalue weighted by molar-refractivity contribution is 7.89. The summed E-state index contributed by atoms with van der Waals surface area (Å²) in [5.41, 5.74) is 0.930. The molecule has 2 heterocycles. The molecule has 0 saturated carbocycles. The number of benzene rings is 1. The van der Waals surface area contributed by atoms with Crippen LogP contribution in [0.4, 0.5) is 0 Å². The molecule has 0 aromatic heterocycles. The van der Waals surface area contributed by atoms with Gasteiger partial charge in [0.25, 0.3) is 5.91 Å². The second-order valence-electron chi connectivity index (χ2n) is 10.0. The minimum absolute atomic E-state index is 0.176. The van der Waals surface area contributed by atoms with Crippen molar-refractivity contribution >= 4 is 15.9 Å². The molecule has 1 aromatic rings. The van der Waals surface area contributed by atoms with E-state index in [0.29, 0.717) is 56.7 Å². The number of nitrogens with zero attached hydrogens (tertiary/aromatic N) is 2. The lowest BCUT2D eigenvalue weighted by molar-refractivity contribution is 0.0445. The monoisotopic (exact) mass is 465 g/mol. The highest BCUT2D eigenvalue weighted by Gasteiger charge is 2.33. The summed E-state index contributed by atoms with van der Waals surface area (Å²) in [4.78, 5) is 15.7. The number of ether oxygens (including phenoxy) is 1. The van der Waals surface area contributed by atoms with E-state index in [1.54, 1.807) is 12.1 Å². The minimum Gasteiger partial charge on any atom is -0.379 e. The fraction of sp³-hybridized carbons (Fsp3) is 0.708. The highest BCUT2D eigenvalue weighted by Crippen LogP contribution is 2.27. The predicted octanol–water partition coefficient (Wildman–Crippen LogP) is 2.76. The Morgan fingerprint density at radius 1 is 1.16 bits per heavy atom. The molecule has 1 N–H and O–H groups in total. The number of carbonyl (C=O) groups excluding carboxylic acids is 1. The molecule has 3 rings (SSSR count). The molecule has 180 valence electrons. The maximum Gasteiger partial charge on any atom is 0.251 e. The van der Waals surface area contributed by atoms with Crippen LogP contribution in [0.15, 0.2) is 23.1 Å². The summed E-state index contributed by atoms with van der Waals surface area (Å²) in [5.74, 6) is 1.05. The molecule has 2 fully saturated rings. The zero-order chi connectivity index (χ0) is 23.5. The number of rotatable bonds is 7. The van der Waals surface area contributed by atoms with Crippen LogP contribution in [0.25, 0.3) is 0 Å². The quantitative estimate of drug-likeness (QED) is 0.670. The molecule has 1 aromatic carbocycles. The number of morpholine rings is 1. The van der Waals surface area contributed by atoms with Gasteiger partial charge in [0.2, 0.25) is 10.0 Å². The number of likely N-dealkylation sites (tertiary alicyclic amines) is 1. The molecule has 8 heteroatoms. The van der Waals surface area contributed by atoms with Crippen LogP contribution in [0.1, 0.15) is 57.0 Å². The zero-order valence-electron chi connectivity index (χ0n) is 20.2. The SMILES string of the molecule is CCc1ccc(C(=O)NCC(C)(C)N2CC(C)CC(C)C2)cc1S(=O)(=O)N1CCOCC1. The first kappa shape index (κ1) is 25.1. The standard InChI is InChI=1S/C24H39N3O4S/c1-6-20-7-8-21(14-22(20)32(29,30)27-9-11-31-12-10-27)23(28)25-17-24(4,5)26-15-18(2)13-19(3)16-26/h7-8,14,18-19H,6,9-13,15-17H2,1-5H3,(H,25,28). The van der Waals surface area contributed by atoms with E-state index < -0.39 is 10.0 Å². The van der Waals surface area contributed by atoms with Gasteiger partial charge < -0.3 is 10.1 Å². The number of sulfonamides is 1. The van der Waals surface area contributed by atoms with Crippen molar-refractivity contribution in [1.82, 2.24) is 14.5 Å². The van der Waals surface area contributed by atoms with E-state index in [1.807, 2.05) is 6.92 Å². The van der Waals surface area contributed by atoms with Crippen LogP contribution in [-0.2, 0) is 21.2 Å². The third-order valence-electron chi connectivity index (χ3n) is 6.70. The van der Waals surface area contributed by atoms with E-state index in [9.17, 15) is 13.2 Å². The molecule has 2 aliphatic heterocycles. The van der Waals surface area contributed by atoms with E-state index in [4.69, 9.17) is 4.74 Å². The fourth-order valence-corrected chi connectivity index (χ4v) is 6.55. The maximum absolute atomic E-state index is 13.3. The zero-order valence-corrected chi connectivity index (χ0v) is 21.0. The molecule has 2 saturated heterocycles. The summed E-state index contributed by atoms with van der Waals surface area (Å²) in [6.07, 6.45) is 1.82. The highest BCUT2D eigenvalue weighted by atomic mass is 32.2. The van der Waals surface area contributed by atoms with Crippen LogP contribution < -0.4 is 5.32 Å². The van der Waals surface area contributed by atoms with E-state index in [2.05, 4.69) is 37.9 Å². The molecular formula is C24H39N3O4S. The van der Waals surface area contributed by atoms with Gasteiger partial charge in [0.05, 0.1) is 18.1 Å². The first-order chi connectivity index (χ1) is 15.0. The van der Waals surface area contributed by atoms with E-state index in [0.717, 1.165) is 18.7 Å². The van der Waals surface area contributed by atoms with Crippen molar-refractivity contribution in [3.8, 4) is 0 Å². The lowest BCUT2D eigenvalue weighted by Crippen LogP contribution is -2.56. The van der Waals surface area contributed by atoms with Crippen molar-refractivity contribution < 1.29 is 17.9 Å². The molecule has 2 aliphatic rings. The smallest absolute Gasteiger partial charge is 0.251 e. The summed E-state index contributed by atoms with van der Waals surface area (Å²) in [6, 6.07) is 5.03. The Hall–Kier alpha value is -1.48. The average Bonchev–Trinajstić information content (AvgIpc) is 2.77. The number of aryl methyl sites for hydroxylation is 1. The summed E-state index contributed by atoms with van der Waals surface area (Å²) < 4.78 is 33.3. The lowest BCUT2D eigenvalue weighted by Gasteiger charge is -2.45. The normalized spacial score (nSPS) is 23.8. The molecule has 2 atom stereocenters. The second kappa shape index (κ2) is 10.2.